The Kier molecular flexibility index (Phi) is 4.66. The second kappa shape index (κ2) is 6.08. The number of aliphatic hydroxyl groups excluding tert-OH is 3. The first-order valence-electron chi connectivity index (χ1n) is 9.51. The minimum Gasteiger partial charge on any atom is -0.396 e. The molecule has 0 heterocycles. The lowest BCUT2D eigenvalue weighted by molar-refractivity contribution is -0.0763. The molecule has 0 aromatic heterocycles. The van der Waals surface area contributed by atoms with E-state index in [0.717, 1.165) is 12.8 Å². The summed E-state index contributed by atoms with van der Waals surface area (Å²) in [6, 6.07) is 0. The van der Waals surface area contributed by atoms with Crippen LogP contribution in [0.1, 0.15) is 53.4 Å². The van der Waals surface area contributed by atoms with Gasteiger partial charge in [-0.25, -0.2) is 0 Å². The molecule has 0 spiro atoms. The van der Waals surface area contributed by atoms with Gasteiger partial charge >= 0.3 is 0 Å². The molecule has 3 aliphatic carbocycles. The van der Waals surface area contributed by atoms with Crippen LogP contribution in [0.3, 0.4) is 0 Å². The van der Waals surface area contributed by atoms with E-state index in [-0.39, 0.29) is 29.8 Å². The fourth-order valence-corrected chi connectivity index (χ4v) is 6.04. The number of hydrogen-bond donors (Lipinski definition) is 4. The largest absolute Gasteiger partial charge is 0.396 e. The topological polar surface area (TPSA) is 80.9 Å². The van der Waals surface area contributed by atoms with E-state index in [1.54, 1.807) is 0 Å². The normalized spacial score (nSPS) is 51.8. The van der Waals surface area contributed by atoms with Crippen LogP contribution >= 0.6 is 0 Å². The smallest absolute Gasteiger partial charge is 0.0709 e. The zero-order valence-electron chi connectivity index (χ0n) is 15.4. The Morgan fingerprint density at radius 2 is 1.88 bits per heavy atom. The van der Waals surface area contributed by atoms with Crippen LogP contribution in [0.15, 0.2) is 11.6 Å². The van der Waals surface area contributed by atoms with E-state index >= 15 is 0 Å². The average Bonchev–Trinajstić information content (AvgIpc) is 2.92. The summed E-state index contributed by atoms with van der Waals surface area (Å²) in [5.41, 5.74) is -0.00901. The maximum Gasteiger partial charge on any atom is 0.0709 e. The minimum absolute atomic E-state index is 0.00190. The van der Waals surface area contributed by atoms with Gasteiger partial charge in [0.1, 0.15) is 0 Å². The number of hydrogen-bond acceptors (Lipinski definition) is 4. The number of aliphatic hydroxyl groups is 4. The zero-order chi connectivity index (χ0) is 17.9. The SMILES string of the molecule is CC(C)[C@H]1C[C@@H](O)[C@]2(C)C[C@@H]3[C@H](CO)C[C@@H](O)[C@H]3[C@@](C)(O)CC=C12. The van der Waals surface area contributed by atoms with E-state index in [0.29, 0.717) is 24.7 Å². The van der Waals surface area contributed by atoms with E-state index in [9.17, 15) is 20.4 Å². The van der Waals surface area contributed by atoms with Crippen LogP contribution in [-0.4, -0.2) is 44.8 Å². The lowest BCUT2D eigenvalue weighted by Gasteiger charge is -2.44. The van der Waals surface area contributed by atoms with E-state index in [2.05, 4.69) is 26.8 Å². The zero-order valence-corrected chi connectivity index (χ0v) is 15.4. The van der Waals surface area contributed by atoms with Crippen molar-refractivity contribution in [1.82, 2.24) is 0 Å². The van der Waals surface area contributed by atoms with Crippen LogP contribution < -0.4 is 0 Å². The molecule has 138 valence electrons. The third-order valence-electron chi connectivity index (χ3n) is 7.45. The summed E-state index contributed by atoms with van der Waals surface area (Å²) >= 11 is 0. The average molecular weight is 338 g/mol. The molecule has 0 amide bonds. The molecule has 0 saturated heterocycles. The molecule has 4 N–H and O–H groups in total. The Labute approximate surface area is 145 Å². The predicted octanol–water partition coefficient (Wildman–Crippen LogP) is 2.11. The Hall–Kier alpha value is -0.420. The molecule has 0 bridgehead atoms. The lowest BCUT2D eigenvalue weighted by Crippen LogP contribution is -2.46. The molecule has 24 heavy (non-hydrogen) atoms. The van der Waals surface area contributed by atoms with Crippen LogP contribution in [0.4, 0.5) is 0 Å². The fraction of sp³-hybridized carbons (Fsp3) is 0.900. The molecule has 4 heteroatoms. The Morgan fingerprint density at radius 3 is 2.46 bits per heavy atom. The van der Waals surface area contributed by atoms with Crippen LogP contribution in [-0.2, 0) is 0 Å². The molecule has 0 aliphatic heterocycles. The molecule has 2 fully saturated rings. The van der Waals surface area contributed by atoms with E-state index < -0.39 is 17.8 Å². The Balaban J connectivity index is 2.05. The van der Waals surface area contributed by atoms with E-state index in [1.165, 1.54) is 5.57 Å². The van der Waals surface area contributed by atoms with E-state index in [4.69, 9.17) is 0 Å². The summed E-state index contributed by atoms with van der Waals surface area (Å²) in [7, 11) is 0. The summed E-state index contributed by atoms with van der Waals surface area (Å²) < 4.78 is 0. The van der Waals surface area contributed by atoms with Crippen molar-refractivity contribution < 1.29 is 20.4 Å². The van der Waals surface area contributed by atoms with Gasteiger partial charge < -0.3 is 20.4 Å². The Bertz CT molecular complexity index is 512. The van der Waals surface area contributed by atoms with Crippen molar-refractivity contribution in [2.24, 2.45) is 35.0 Å². The first-order chi connectivity index (χ1) is 11.1. The molecular formula is C20H34O4. The van der Waals surface area contributed by atoms with Gasteiger partial charge in [0.05, 0.1) is 17.8 Å². The highest BCUT2D eigenvalue weighted by molar-refractivity contribution is 5.28. The highest BCUT2D eigenvalue weighted by Crippen LogP contribution is 2.58. The lowest BCUT2D eigenvalue weighted by atomic mass is 9.63. The minimum atomic E-state index is -0.975. The van der Waals surface area contributed by atoms with Crippen molar-refractivity contribution in [3.05, 3.63) is 11.6 Å². The second-order valence-electron chi connectivity index (χ2n) is 9.38. The first-order valence-corrected chi connectivity index (χ1v) is 9.51. The first kappa shape index (κ1) is 18.4. The molecule has 0 aromatic rings. The van der Waals surface area contributed by atoms with Crippen LogP contribution in [0.5, 0.6) is 0 Å². The van der Waals surface area contributed by atoms with Crippen LogP contribution in [0, 0.1) is 35.0 Å². The van der Waals surface area contributed by atoms with Gasteiger partial charge in [-0.05, 0) is 56.3 Å². The molecule has 0 aromatic carbocycles. The van der Waals surface area contributed by atoms with Crippen molar-refractivity contribution in [1.29, 1.82) is 0 Å². The molecule has 3 aliphatic rings. The molecule has 4 nitrogen and oxygen atoms in total. The van der Waals surface area contributed by atoms with Gasteiger partial charge in [-0.1, -0.05) is 32.4 Å². The molecule has 0 radical (unpaired) electrons. The standard InChI is InChI=1S/C20H34O4/c1-11(2)13-8-17(23)19(3)9-14-12(10-21)7-16(22)18(14)20(4,24)6-5-15(13)19/h5,11-14,16-18,21-24H,6-10H2,1-4H3/t12-,13+,14+,16+,17+,18-,19+,20-/m0/s1. The second-order valence-corrected chi connectivity index (χ2v) is 9.38. The van der Waals surface area contributed by atoms with Crippen molar-refractivity contribution >= 4 is 0 Å². The van der Waals surface area contributed by atoms with Crippen LogP contribution in [0.2, 0.25) is 0 Å². The summed E-state index contributed by atoms with van der Waals surface area (Å²) in [4.78, 5) is 0. The third kappa shape index (κ3) is 2.66. The third-order valence-corrected chi connectivity index (χ3v) is 7.45. The summed E-state index contributed by atoms with van der Waals surface area (Å²) in [5.74, 6) is 0.591. The van der Waals surface area contributed by atoms with Crippen LogP contribution in [0.25, 0.3) is 0 Å². The van der Waals surface area contributed by atoms with Crippen molar-refractivity contribution in [2.75, 3.05) is 6.61 Å². The van der Waals surface area contributed by atoms with Gasteiger partial charge in [0.15, 0.2) is 0 Å². The maximum absolute atomic E-state index is 11.1. The summed E-state index contributed by atoms with van der Waals surface area (Å²) in [6.45, 7) is 8.39. The fourth-order valence-electron chi connectivity index (χ4n) is 6.04. The monoisotopic (exact) mass is 338 g/mol. The molecule has 8 atom stereocenters. The number of fused-ring (bicyclic) bond motifs is 2. The van der Waals surface area contributed by atoms with Crippen molar-refractivity contribution in [3.63, 3.8) is 0 Å². The quantitative estimate of drug-likeness (QED) is 0.581. The van der Waals surface area contributed by atoms with Gasteiger partial charge in [0, 0.05) is 17.9 Å². The van der Waals surface area contributed by atoms with Gasteiger partial charge in [-0.2, -0.15) is 0 Å². The van der Waals surface area contributed by atoms with Gasteiger partial charge in [-0.3, -0.25) is 0 Å². The summed E-state index contributed by atoms with van der Waals surface area (Å²) in [5, 5.41) is 42.3. The van der Waals surface area contributed by atoms with E-state index in [1.807, 2.05) is 6.92 Å². The van der Waals surface area contributed by atoms with Gasteiger partial charge in [0.2, 0.25) is 0 Å². The van der Waals surface area contributed by atoms with Gasteiger partial charge in [0.25, 0.3) is 0 Å². The molecular weight excluding hydrogens is 304 g/mol. The number of rotatable bonds is 2. The predicted molar refractivity (Wildman–Crippen MR) is 93.2 cm³/mol. The highest BCUT2D eigenvalue weighted by atomic mass is 16.3. The maximum atomic E-state index is 11.1. The highest BCUT2D eigenvalue weighted by Gasteiger charge is 2.57. The van der Waals surface area contributed by atoms with Crippen molar-refractivity contribution in [2.45, 2.75) is 71.2 Å². The van der Waals surface area contributed by atoms with Crippen molar-refractivity contribution in [3.8, 4) is 0 Å². The summed E-state index contributed by atoms with van der Waals surface area (Å²) in [6.07, 6.45) is 3.72. The Morgan fingerprint density at radius 1 is 1.21 bits per heavy atom. The van der Waals surface area contributed by atoms with Gasteiger partial charge in [-0.15, -0.1) is 0 Å². The molecule has 3 rings (SSSR count). The molecule has 0 unspecified atom stereocenters. The molecule has 2 saturated carbocycles.